The first-order valence-corrected chi connectivity index (χ1v) is 5.82. The zero-order valence-corrected chi connectivity index (χ0v) is 10.0. The van der Waals surface area contributed by atoms with Crippen LogP contribution in [0.1, 0.15) is 45.4 Å². The van der Waals surface area contributed by atoms with E-state index in [9.17, 15) is 0 Å². The summed E-state index contributed by atoms with van der Waals surface area (Å²) in [5.74, 6) is 0. The fraction of sp³-hybridized carbons (Fsp3) is 1.00. The highest BCUT2D eigenvalue weighted by Crippen LogP contribution is 2.34. The van der Waals surface area contributed by atoms with Crippen LogP contribution < -0.4 is 0 Å². The van der Waals surface area contributed by atoms with Gasteiger partial charge in [0.1, 0.15) is 0 Å². The first kappa shape index (κ1) is 15.8. The van der Waals surface area contributed by atoms with Gasteiger partial charge in [-0.3, -0.25) is 10.5 Å². The maximum absolute atomic E-state index is 8.84. The molecule has 0 fully saturated rings. The van der Waals surface area contributed by atoms with Crippen LogP contribution in [0.25, 0.3) is 0 Å². The van der Waals surface area contributed by atoms with Gasteiger partial charge >= 0.3 is 0 Å². The molecule has 5 heteroatoms. The molecular weight excluding hydrogens is 212 g/mol. The first-order chi connectivity index (χ1) is 7.68. The van der Waals surface area contributed by atoms with Gasteiger partial charge in [-0.2, -0.15) is 0 Å². The van der Waals surface area contributed by atoms with E-state index >= 15 is 0 Å². The van der Waals surface area contributed by atoms with Crippen molar-refractivity contribution in [2.45, 2.75) is 45.4 Å². The molecule has 0 saturated heterocycles. The van der Waals surface area contributed by atoms with Crippen molar-refractivity contribution >= 4 is 0 Å². The van der Waals surface area contributed by atoms with Gasteiger partial charge in [-0.25, -0.2) is 9.78 Å². The minimum absolute atomic E-state index is 0.111. The summed E-state index contributed by atoms with van der Waals surface area (Å²) in [6.45, 7) is 3.02. The third kappa shape index (κ3) is 8.01. The van der Waals surface area contributed by atoms with E-state index < -0.39 is 0 Å². The Hall–Kier alpha value is -0.200. The molecule has 0 aliphatic heterocycles. The highest BCUT2D eigenvalue weighted by molar-refractivity contribution is 4.74. The summed E-state index contributed by atoms with van der Waals surface area (Å²) in [5.41, 5.74) is 0.111. The van der Waals surface area contributed by atoms with Gasteiger partial charge < -0.3 is 5.11 Å². The van der Waals surface area contributed by atoms with Crippen molar-refractivity contribution in [1.82, 2.24) is 0 Å². The molecule has 3 N–H and O–H groups in total. The molecule has 5 nitrogen and oxygen atoms in total. The van der Waals surface area contributed by atoms with Crippen LogP contribution in [0.5, 0.6) is 0 Å². The van der Waals surface area contributed by atoms with Crippen LogP contribution in [0.2, 0.25) is 0 Å². The zero-order valence-electron chi connectivity index (χ0n) is 10.0. The van der Waals surface area contributed by atoms with Crippen LogP contribution in [0.4, 0.5) is 0 Å². The lowest BCUT2D eigenvalue weighted by atomic mass is 9.77. The standard InChI is InChI=1S/C11H24O5/c1-11(5-2-8-12,6-3-9-15-13)7-4-10-16-14/h12-14H,2-10H2,1H3. The second-order valence-electron chi connectivity index (χ2n) is 4.51. The summed E-state index contributed by atoms with van der Waals surface area (Å²) in [5, 5.41) is 25.4. The molecule has 0 aromatic carbocycles. The number of hydrogen-bond donors (Lipinski definition) is 3. The van der Waals surface area contributed by atoms with Crippen LogP contribution in [0.15, 0.2) is 0 Å². The van der Waals surface area contributed by atoms with Crippen molar-refractivity contribution in [2.75, 3.05) is 19.8 Å². The maximum Gasteiger partial charge on any atom is 0.0820 e. The minimum atomic E-state index is 0.111. The summed E-state index contributed by atoms with van der Waals surface area (Å²) >= 11 is 0. The summed E-state index contributed by atoms with van der Waals surface area (Å²) in [4.78, 5) is 8.11. The summed E-state index contributed by atoms with van der Waals surface area (Å²) < 4.78 is 0. The quantitative estimate of drug-likeness (QED) is 0.291. The smallest absolute Gasteiger partial charge is 0.0820 e. The van der Waals surface area contributed by atoms with E-state index in [-0.39, 0.29) is 12.0 Å². The number of aliphatic hydroxyl groups is 1. The van der Waals surface area contributed by atoms with Crippen molar-refractivity contribution in [1.29, 1.82) is 0 Å². The van der Waals surface area contributed by atoms with Gasteiger partial charge in [-0.1, -0.05) is 6.92 Å². The zero-order chi connectivity index (χ0) is 12.3. The fourth-order valence-electron chi connectivity index (χ4n) is 2.01. The van der Waals surface area contributed by atoms with Gasteiger partial charge in [0, 0.05) is 6.61 Å². The third-order valence-electron chi connectivity index (χ3n) is 2.97. The van der Waals surface area contributed by atoms with E-state index in [0.717, 1.165) is 38.5 Å². The Morgan fingerprint density at radius 3 is 1.69 bits per heavy atom. The SMILES string of the molecule is CC(CCCO)(CCCOO)CCCOO. The topological polar surface area (TPSA) is 79.2 Å². The lowest BCUT2D eigenvalue weighted by Gasteiger charge is -2.29. The van der Waals surface area contributed by atoms with Crippen molar-refractivity contribution in [3.05, 3.63) is 0 Å². The van der Waals surface area contributed by atoms with Crippen molar-refractivity contribution < 1.29 is 25.4 Å². The van der Waals surface area contributed by atoms with Crippen molar-refractivity contribution in [2.24, 2.45) is 5.41 Å². The molecule has 0 saturated carbocycles. The monoisotopic (exact) mass is 236 g/mol. The van der Waals surface area contributed by atoms with E-state index in [4.69, 9.17) is 15.6 Å². The number of aliphatic hydroxyl groups excluding tert-OH is 1. The molecule has 0 aliphatic rings. The van der Waals surface area contributed by atoms with E-state index in [0.29, 0.717) is 13.2 Å². The Balaban J connectivity index is 3.91. The Labute approximate surface area is 96.9 Å². The number of hydrogen-bond acceptors (Lipinski definition) is 5. The molecule has 0 unspecified atom stereocenters. The molecular formula is C11H24O5. The predicted molar refractivity (Wildman–Crippen MR) is 60.1 cm³/mol. The molecule has 0 heterocycles. The second-order valence-corrected chi connectivity index (χ2v) is 4.51. The molecule has 0 rings (SSSR count). The molecule has 0 radical (unpaired) electrons. The molecule has 98 valence electrons. The first-order valence-electron chi connectivity index (χ1n) is 5.82. The lowest BCUT2D eigenvalue weighted by Crippen LogP contribution is -2.18. The average molecular weight is 236 g/mol. The van der Waals surface area contributed by atoms with Gasteiger partial charge in [0.15, 0.2) is 0 Å². The third-order valence-corrected chi connectivity index (χ3v) is 2.97. The second kappa shape index (κ2) is 9.99. The predicted octanol–water partition coefficient (Wildman–Crippen LogP) is 2.30. The van der Waals surface area contributed by atoms with E-state index in [2.05, 4.69) is 16.7 Å². The van der Waals surface area contributed by atoms with Crippen LogP contribution >= 0.6 is 0 Å². The molecule has 0 bridgehead atoms. The van der Waals surface area contributed by atoms with Gasteiger partial charge in [-0.15, -0.1) is 0 Å². The summed E-state index contributed by atoms with van der Waals surface area (Å²) in [6, 6.07) is 0. The van der Waals surface area contributed by atoms with Crippen molar-refractivity contribution in [3.8, 4) is 0 Å². The maximum atomic E-state index is 8.84. The molecule has 0 aromatic heterocycles. The normalized spacial score (nSPS) is 12.0. The summed E-state index contributed by atoms with van der Waals surface area (Å²) in [6.07, 6.45) is 5.14. The molecule has 0 aliphatic carbocycles. The van der Waals surface area contributed by atoms with Crippen LogP contribution in [0, 0.1) is 5.41 Å². The lowest BCUT2D eigenvalue weighted by molar-refractivity contribution is -0.245. The highest BCUT2D eigenvalue weighted by Gasteiger charge is 2.22. The van der Waals surface area contributed by atoms with Crippen LogP contribution in [0.3, 0.4) is 0 Å². The highest BCUT2D eigenvalue weighted by atomic mass is 17.1. The Morgan fingerprint density at radius 1 is 0.875 bits per heavy atom. The Kier molecular flexibility index (Phi) is 9.86. The van der Waals surface area contributed by atoms with E-state index in [1.54, 1.807) is 0 Å². The molecule has 16 heavy (non-hydrogen) atoms. The van der Waals surface area contributed by atoms with Gasteiger partial charge in [0.25, 0.3) is 0 Å². The van der Waals surface area contributed by atoms with E-state index in [1.165, 1.54) is 0 Å². The minimum Gasteiger partial charge on any atom is -0.396 e. The number of rotatable bonds is 11. The van der Waals surface area contributed by atoms with Gasteiger partial charge in [0.05, 0.1) is 13.2 Å². The summed E-state index contributed by atoms with van der Waals surface area (Å²) in [7, 11) is 0. The molecule has 0 amide bonds. The van der Waals surface area contributed by atoms with Crippen LogP contribution in [-0.2, 0) is 9.78 Å². The largest absolute Gasteiger partial charge is 0.396 e. The van der Waals surface area contributed by atoms with Crippen LogP contribution in [-0.4, -0.2) is 35.4 Å². The van der Waals surface area contributed by atoms with Gasteiger partial charge in [0.2, 0.25) is 0 Å². The Morgan fingerprint density at radius 2 is 1.31 bits per heavy atom. The fourth-order valence-corrected chi connectivity index (χ4v) is 2.01. The molecule has 0 atom stereocenters. The molecule has 0 aromatic rings. The average Bonchev–Trinajstić information content (AvgIpc) is 2.27. The van der Waals surface area contributed by atoms with Crippen molar-refractivity contribution in [3.63, 3.8) is 0 Å². The Bertz CT molecular complexity index is 141. The van der Waals surface area contributed by atoms with Gasteiger partial charge in [-0.05, 0) is 43.9 Å². The molecule has 0 spiro atoms. The van der Waals surface area contributed by atoms with E-state index in [1.807, 2.05) is 0 Å².